The summed E-state index contributed by atoms with van der Waals surface area (Å²) in [5.41, 5.74) is 4.04. The van der Waals surface area contributed by atoms with Crippen LogP contribution in [0.2, 0.25) is 5.02 Å². The Morgan fingerprint density at radius 1 is 0.969 bits per heavy atom. The normalized spacial score (nSPS) is 10.9. The Morgan fingerprint density at radius 2 is 1.69 bits per heavy atom. The SMILES string of the molecule is Cc1ccccc1C(=O)NCCCc1nc2ccccc2n1CC(=O)c1ccc(Cl)cc1. The molecule has 32 heavy (non-hydrogen) atoms. The molecule has 0 radical (unpaired) electrons. The molecule has 4 rings (SSSR count). The minimum absolute atomic E-state index is 0.000995. The van der Waals surface area contributed by atoms with Crippen molar-refractivity contribution in [3.8, 4) is 0 Å². The minimum Gasteiger partial charge on any atom is -0.352 e. The number of nitrogens with one attached hydrogen (secondary N) is 1. The van der Waals surface area contributed by atoms with Crippen LogP contribution < -0.4 is 5.32 Å². The van der Waals surface area contributed by atoms with Crippen molar-refractivity contribution in [1.29, 1.82) is 0 Å². The number of amides is 1. The summed E-state index contributed by atoms with van der Waals surface area (Å²) in [7, 11) is 0. The zero-order valence-electron chi connectivity index (χ0n) is 17.8. The number of carbonyl (C=O) groups is 2. The number of halogens is 1. The average molecular weight is 446 g/mol. The fraction of sp³-hybridized carbons (Fsp3) is 0.192. The third-order valence-corrected chi connectivity index (χ3v) is 5.71. The van der Waals surface area contributed by atoms with Gasteiger partial charge in [0.15, 0.2) is 5.78 Å². The fourth-order valence-electron chi connectivity index (χ4n) is 3.73. The van der Waals surface area contributed by atoms with Gasteiger partial charge in [-0.2, -0.15) is 0 Å². The Balaban J connectivity index is 1.45. The second-order valence-corrected chi connectivity index (χ2v) is 8.14. The van der Waals surface area contributed by atoms with Gasteiger partial charge in [0, 0.05) is 29.1 Å². The molecular formula is C26H24ClN3O2. The molecule has 0 saturated heterocycles. The van der Waals surface area contributed by atoms with Crippen LogP contribution in [-0.4, -0.2) is 27.8 Å². The third kappa shape index (κ3) is 4.89. The minimum atomic E-state index is -0.0745. The van der Waals surface area contributed by atoms with E-state index in [4.69, 9.17) is 16.6 Å². The molecule has 0 spiro atoms. The Morgan fingerprint density at radius 3 is 2.47 bits per heavy atom. The first-order valence-electron chi connectivity index (χ1n) is 10.6. The second-order valence-electron chi connectivity index (χ2n) is 7.71. The van der Waals surface area contributed by atoms with E-state index in [2.05, 4.69) is 5.32 Å². The maximum Gasteiger partial charge on any atom is 0.251 e. The zero-order valence-corrected chi connectivity index (χ0v) is 18.6. The van der Waals surface area contributed by atoms with E-state index in [1.807, 2.05) is 60.0 Å². The van der Waals surface area contributed by atoms with Gasteiger partial charge in [0.2, 0.25) is 0 Å². The molecule has 1 heterocycles. The summed E-state index contributed by atoms with van der Waals surface area (Å²) in [6.07, 6.45) is 1.37. The first-order valence-corrected chi connectivity index (χ1v) is 11.0. The molecule has 0 aliphatic rings. The molecular weight excluding hydrogens is 422 g/mol. The molecule has 0 fully saturated rings. The molecule has 0 atom stereocenters. The van der Waals surface area contributed by atoms with E-state index in [1.165, 1.54) is 0 Å². The van der Waals surface area contributed by atoms with E-state index < -0.39 is 0 Å². The van der Waals surface area contributed by atoms with Crippen LogP contribution in [0, 0.1) is 6.92 Å². The lowest BCUT2D eigenvalue weighted by Crippen LogP contribution is -2.25. The van der Waals surface area contributed by atoms with Crippen molar-refractivity contribution >= 4 is 34.3 Å². The Hall–Kier alpha value is -3.44. The summed E-state index contributed by atoms with van der Waals surface area (Å²) >= 11 is 5.95. The highest BCUT2D eigenvalue weighted by atomic mass is 35.5. The summed E-state index contributed by atoms with van der Waals surface area (Å²) in [6, 6.07) is 22.3. The number of Topliss-reactive ketones (excluding diaryl/α,β-unsaturated/α-hetero) is 1. The van der Waals surface area contributed by atoms with Crippen LogP contribution in [0.4, 0.5) is 0 Å². The van der Waals surface area contributed by atoms with Gasteiger partial charge in [0.05, 0.1) is 17.6 Å². The molecule has 1 amide bonds. The molecule has 6 heteroatoms. The van der Waals surface area contributed by atoms with Gasteiger partial charge in [-0.15, -0.1) is 0 Å². The summed E-state index contributed by atoms with van der Waals surface area (Å²) in [4.78, 5) is 30.0. The van der Waals surface area contributed by atoms with Crippen LogP contribution in [0.1, 0.15) is 38.5 Å². The molecule has 0 aliphatic heterocycles. The Labute approximate surface area is 192 Å². The number of carbonyl (C=O) groups excluding carboxylic acids is 2. The monoisotopic (exact) mass is 445 g/mol. The lowest BCUT2D eigenvalue weighted by atomic mass is 10.1. The highest BCUT2D eigenvalue weighted by Gasteiger charge is 2.15. The molecule has 1 N–H and O–H groups in total. The first-order chi connectivity index (χ1) is 15.5. The standard InChI is InChI=1S/C26H24ClN3O2/c1-18-7-2-3-8-21(18)26(32)28-16-6-11-25-29-22-9-4-5-10-23(22)30(25)17-24(31)19-12-14-20(27)15-13-19/h2-5,7-10,12-15H,6,11,16-17H2,1H3,(H,28,32). The number of hydrogen-bond donors (Lipinski definition) is 1. The molecule has 0 unspecified atom stereocenters. The Bertz CT molecular complexity index is 1260. The lowest BCUT2D eigenvalue weighted by molar-refractivity contribution is 0.0950. The largest absolute Gasteiger partial charge is 0.352 e. The smallest absolute Gasteiger partial charge is 0.251 e. The van der Waals surface area contributed by atoms with Crippen molar-refractivity contribution < 1.29 is 9.59 Å². The van der Waals surface area contributed by atoms with E-state index in [-0.39, 0.29) is 18.2 Å². The predicted octanol–water partition coefficient (Wildman–Crippen LogP) is 5.24. The highest BCUT2D eigenvalue weighted by molar-refractivity contribution is 6.30. The van der Waals surface area contributed by atoms with Crippen molar-refractivity contribution in [2.24, 2.45) is 0 Å². The number of fused-ring (bicyclic) bond motifs is 1. The van der Waals surface area contributed by atoms with Crippen LogP contribution >= 0.6 is 11.6 Å². The fourth-order valence-corrected chi connectivity index (χ4v) is 3.86. The number of aromatic nitrogens is 2. The first kappa shape index (κ1) is 21.8. The van der Waals surface area contributed by atoms with Crippen molar-refractivity contribution in [2.45, 2.75) is 26.3 Å². The summed E-state index contributed by atoms with van der Waals surface area (Å²) < 4.78 is 1.97. The average Bonchev–Trinajstić information content (AvgIpc) is 3.14. The third-order valence-electron chi connectivity index (χ3n) is 5.45. The van der Waals surface area contributed by atoms with Crippen LogP contribution in [0.25, 0.3) is 11.0 Å². The van der Waals surface area contributed by atoms with Crippen LogP contribution in [0.3, 0.4) is 0 Å². The van der Waals surface area contributed by atoms with Gasteiger partial charge >= 0.3 is 0 Å². The number of nitrogens with zero attached hydrogens (tertiary/aromatic N) is 2. The number of para-hydroxylation sites is 2. The number of hydrogen-bond acceptors (Lipinski definition) is 3. The predicted molar refractivity (Wildman–Crippen MR) is 127 cm³/mol. The van der Waals surface area contributed by atoms with Crippen LogP contribution in [0.5, 0.6) is 0 Å². The van der Waals surface area contributed by atoms with Gasteiger partial charge in [-0.1, -0.05) is 41.9 Å². The van der Waals surface area contributed by atoms with Gasteiger partial charge in [0.1, 0.15) is 5.82 Å². The maximum absolute atomic E-state index is 12.9. The molecule has 0 bridgehead atoms. The van der Waals surface area contributed by atoms with Gasteiger partial charge in [-0.05, 0) is 61.4 Å². The van der Waals surface area contributed by atoms with Crippen LogP contribution in [-0.2, 0) is 13.0 Å². The quantitative estimate of drug-likeness (QED) is 0.298. The summed E-state index contributed by atoms with van der Waals surface area (Å²) in [6.45, 7) is 2.66. The van der Waals surface area contributed by atoms with Gasteiger partial charge in [-0.25, -0.2) is 4.98 Å². The molecule has 3 aromatic carbocycles. The van der Waals surface area contributed by atoms with Crippen molar-refractivity contribution in [3.63, 3.8) is 0 Å². The van der Waals surface area contributed by atoms with E-state index in [0.29, 0.717) is 29.1 Å². The molecule has 162 valence electrons. The van der Waals surface area contributed by atoms with Crippen LogP contribution in [0.15, 0.2) is 72.8 Å². The van der Waals surface area contributed by atoms with Crippen molar-refractivity contribution in [2.75, 3.05) is 6.54 Å². The van der Waals surface area contributed by atoms with Crippen molar-refractivity contribution in [3.05, 3.63) is 100 Å². The second kappa shape index (κ2) is 9.79. The van der Waals surface area contributed by atoms with Gasteiger partial charge < -0.3 is 9.88 Å². The molecule has 5 nitrogen and oxygen atoms in total. The number of imidazole rings is 1. The number of aryl methyl sites for hydroxylation is 2. The maximum atomic E-state index is 12.9. The van der Waals surface area contributed by atoms with E-state index in [9.17, 15) is 9.59 Å². The molecule has 0 saturated carbocycles. The lowest BCUT2D eigenvalue weighted by Gasteiger charge is -2.10. The molecule has 4 aromatic rings. The van der Waals surface area contributed by atoms with Gasteiger partial charge in [-0.3, -0.25) is 9.59 Å². The zero-order chi connectivity index (χ0) is 22.5. The van der Waals surface area contributed by atoms with E-state index >= 15 is 0 Å². The van der Waals surface area contributed by atoms with E-state index in [1.54, 1.807) is 24.3 Å². The van der Waals surface area contributed by atoms with E-state index in [0.717, 1.165) is 28.8 Å². The number of ketones is 1. The van der Waals surface area contributed by atoms with Crippen molar-refractivity contribution in [1.82, 2.24) is 14.9 Å². The summed E-state index contributed by atoms with van der Waals surface area (Å²) in [5, 5.41) is 3.58. The van der Waals surface area contributed by atoms with Gasteiger partial charge in [0.25, 0.3) is 5.91 Å². The molecule has 1 aromatic heterocycles. The highest BCUT2D eigenvalue weighted by Crippen LogP contribution is 2.19. The molecule has 0 aliphatic carbocycles. The Kier molecular flexibility index (Phi) is 6.66. The number of rotatable bonds is 8. The summed E-state index contributed by atoms with van der Waals surface area (Å²) in [5.74, 6) is 0.757. The number of benzene rings is 3. The topological polar surface area (TPSA) is 64.0 Å².